The molecule has 0 aromatic heterocycles. The van der Waals surface area contributed by atoms with Crippen molar-refractivity contribution in [2.24, 2.45) is 5.92 Å². The Morgan fingerprint density at radius 3 is 2.58 bits per heavy atom. The van der Waals surface area contributed by atoms with Gasteiger partial charge in [0.1, 0.15) is 12.6 Å². The van der Waals surface area contributed by atoms with Gasteiger partial charge in [-0.3, -0.25) is 19.7 Å². The van der Waals surface area contributed by atoms with Gasteiger partial charge in [0.25, 0.3) is 0 Å². The molecule has 8 heteroatoms. The Bertz CT molecular complexity index is 784. The fourth-order valence-electron chi connectivity index (χ4n) is 4.85. The summed E-state index contributed by atoms with van der Waals surface area (Å²) in [5.74, 6) is 0.0464. The highest BCUT2D eigenvalue weighted by molar-refractivity contribution is 7.99. The molecule has 2 aliphatic rings. The van der Waals surface area contributed by atoms with Gasteiger partial charge in [-0.05, 0) is 31.2 Å². The number of nitrogens with one attached hydrogen (secondary N) is 1. The molecule has 1 saturated carbocycles. The average molecular weight is 477 g/mol. The van der Waals surface area contributed by atoms with Crippen molar-refractivity contribution in [2.75, 3.05) is 24.7 Å². The summed E-state index contributed by atoms with van der Waals surface area (Å²) in [5, 5.41) is 12.8. The van der Waals surface area contributed by atoms with Crippen LogP contribution in [0.1, 0.15) is 63.5 Å². The summed E-state index contributed by atoms with van der Waals surface area (Å²) in [6.45, 7) is 1.69. The first kappa shape index (κ1) is 25.6. The lowest BCUT2D eigenvalue weighted by Gasteiger charge is -2.32. The van der Waals surface area contributed by atoms with Gasteiger partial charge in [0.05, 0.1) is 18.7 Å². The van der Waals surface area contributed by atoms with E-state index in [1.165, 1.54) is 37.0 Å². The number of benzene rings is 1. The zero-order valence-electron chi connectivity index (χ0n) is 19.4. The molecule has 0 spiro atoms. The lowest BCUT2D eigenvalue weighted by atomic mass is 9.85. The summed E-state index contributed by atoms with van der Waals surface area (Å²) in [7, 11) is 0. The third kappa shape index (κ3) is 7.47. The van der Waals surface area contributed by atoms with Crippen LogP contribution in [-0.4, -0.2) is 64.6 Å². The van der Waals surface area contributed by atoms with Gasteiger partial charge >= 0.3 is 11.9 Å². The zero-order valence-corrected chi connectivity index (χ0v) is 20.2. The molecule has 1 aromatic carbocycles. The van der Waals surface area contributed by atoms with Crippen molar-refractivity contribution in [1.82, 2.24) is 10.2 Å². The SMILES string of the molecule is CCOC(=O)C(CCC1CCCCC1)NC1CSCC(c2ccccc2)N(CC(=O)O)C1=O. The maximum Gasteiger partial charge on any atom is 0.323 e. The second-order valence-electron chi connectivity index (χ2n) is 8.93. The molecule has 2 N–H and O–H groups in total. The largest absolute Gasteiger partial charge is 0.480 e. The smallest absolute Gasteiger partial charge is 0.323 e. The number of carboxylic acid groups (broad SMARTS) is 1. The van der Waals surface area contributed by atoms with E-state index < -0.39 is 18.1 Å². The highest BCUT2D eigenvalue weighted by atomic mass is 32.2. The van der Waals surface area contributed by atoms with Gasteiger partial charge in [-0.1, -0.05) is 62.4 Å². The van der Waals surface area contributed by atoms with Crippen LogP contribution in [0.5, 0.6) is 0 Å². The molecule has 3 rings (SSSR count). The maximum atomic E-state index is 13.5. The van der Waals surface area contributed by atoms with Crippen LogP contribution in [0.4, 0.5) is 0 Å². The first-order chi connectivity index (χ1) is 16.0. The van der Waals surface area contributed by atoms with Crippen LogP contribution < -0.4 is 5.32 Å². The molecule has 1 aliphatic heterocycles. The summed E-state index contributed by atoms with van der Waals surface area (Å²) >= 11 is 1.60. The number of amides is 1. The lowest BCUT2D eigenvalue weighted by molar-refractivity contribution is -0.149. The number of carbonyl (C=O) groups excluding carboxylic acids is 2. The van der Waals surface area contributed by atoms with Crippen LogP contribution in [-0.2, 0) is 19.1 Å². The number of ether oxygens (including phenoxy) is 1. The molecule has 182 valence electrons. The van der Waals surface area contributed by atoms with Gasteiger partial charge < -0.3 is 14.7 Å². The third-order valence-corrected chi connectivity index (χ3v) is 7.69. The Morgan fingerprint density at radius 1 is 1.18 bits per heavy atom. The molecule has 1 aliphatic carbocycles. The molecule has 3 atom stereocenters. The molecule has 7 nitrogen and oxygen atoms in total. The van der Waals surface area contributed by atoms with Gasteiger partial charge in [0.15, 0.2) is 0 Å². The van der Waals surface area contributed by atoms with Crippen molar-refractivity contribution >= 4 is 29.6 Å². The molecule has 2 fully saturated rings. The topological polar surface area (TPSA) is 95.9 Å². The lowest BCUT2D eigenvalue weighted by Crippen LogP contribution is -2.54. The van der Waals surface area contributed by atoms with Gasteiger partial charge in [0, 0.05) is 11.5 Å². The Morgan fingerprint density at radius 2 is 1.91 bits per heavy atom. The average Bonchev–Trinajstić information content (AvgIpc) is 2.96. The van der Waals surface area contributed by atoms with Crippen molar-refractivity contribution in [3.63, 3.8) is 0 Å². The minimum Gasteiger partial charge on any atom is -0.480 e. The first-order valence-corrected chi connectivity index (χ1v) is 13.2. The van der Waals surface area contributed by atoms with Crippen LogP contribution in [0.15, 0.2) is 30.3 Å². The van der Waals surface area contributed by atoms with E-state index in [4.69, 9.17) is 4.74 Å². The normalized spacial score (nSPS) is 23.1. The van der Waals surface area contributed by atoms with E-state index in [1.54, 1.807) is 18.7 Å². The van der Waals surface area contributed by atoms with Crippen molar-refractivity contribution in [3.8, 4) is 0 Å². The summed E-state index contributed by atoms with van der Waals surface area (Å²) in [6, 6.07) is 8.01. The molecule has 0 radical (unpaired) electrons. The van der Waals surface area contributed by atoms with E-state index in [9.17, 15) is 19.5 Å². The number of aliphatic carboxylic acids is 1. The molecule has 1 aromatic rings. The predicted molar refractivity (Wildman–Crippen MR) is 129 cm³/mol. The van der Waals surface area contributed by atoms with E-state index in [1.807, 2.05) is 30.3 Å². The Balaban J connectivity index is 1.74. The number of carbonyl (C=O) groups is 3. The van der Waals surface area contributed by atoms with Gasteiger partial charge in [-0.15, -0.1) is 0 Å². The number of nitrogens with zero attached hydrogens (tertiary/aromatic N) is 1. The number of rotatable bonds is 10. The number of hydrogen-bond donors (Lipinski definition) is 2. The van der Waals surface area contributed by atoms with Crippen molar-refractivity contribution in [1.29, 1.82) is 0 Å². The molecule has 0 bridgehead atoms. The summed E-state index contributed by atoms with van der Waals surface area (Å²) in [4.78, 5) is 39.3. The third-order valence-electron chi connectivity index (χ3n) is 6.57. The monoisotopic (exact) mass is 476 g/mol. The zero-order chi connectivity index (χ0) is 23.6. The van der Waals surface area contributed by atoms with Gasteiger partial charge in [-0.25, -0.2) is 0 Å². The molecule has 1 saturated heterocycles. The first-order valence-electron chi connectivity index (χ1n) is 12.1. The predicted octanol–water partition coefficient (Wildman–Crippen LogP) is 3.64. The summed E-state index contributed by atoms with van der Waals surface area (Å²) in [5.41, 5.74) is 0.916. The molecular formula is C25H36N2O5S. The Hall–Kier alpha value is -2.06. The van der Waals surface area contributed by atoms with Crippen molar-refractivity contribution < 1.29 is 24.2 Å². The van der Waals surface area contributed by atoms with E-state index >= 15 is 0 Å². The quantitative estimate of drug-likeness (QED) is 0.498. The number of carboxylic acids is 1. The van der Waals surface area contributed by atoms with Gasteiger partial charge in [0.2, 0.25) is 5.91 Å². The summed E-state index contributed by atoms with van der Waals surface area (Å²) < 4.78 is 5.31. The van der Waals surface area contributed by atoms with Crippen molar-refractivity contribution in [3.05, 3.63) is 35.9 Å². The van der Waals surface area contributed by atoms with Crippen LogP contribution in [0.25, 0.3) is 0 Å². The number of thioether (sulfide) groups is 1. The maximum absolute atomic E-state index is 13.5. The highest BCUT2D eigenvalue weighted by Gasteiger charge is 2.37. The number of hydrogen-bond acceptors (Lipinski definition) is 6. The highest BCUT2D eigenvalue weighted by Crippen LogP contribution is 2.31. The fourth-order valence-corrected chi connectivity index (χ4v) is 6.06. The number of esters is 1. The van der Waals surface area contributed by atoms with Crippen LogP contribution >= 0.6 is 11.8 Å². The minimum atomic E-state index is -1.05. The Labute approximate surface area is 200 Å². The Kier molecular flexibility index (Phi) is 10.1. The second-order valence-corrected chi connectivity index (χ2v) is 10.0. The molecule has 3 unspecified atom stereocenters. The standard InChI is InChI=1S/C25H36N2O5S/c1-2-32-25(31)20(14-13-18-9-5-3-6-10-18)26-21-16-33-17-22(19-11-7-4-8-12-19)27(24(21)30)15-23(28)29/h4,7-8,11-12,18,20-22,26H,2-3,5-6,9-10,13-17H2,1H3,(H,28,29). The second kappa shape index (κ2) is 13.0. The van der Waals surface area contributed by atoms with E-state index in [0.29, 0.717) is 23.8 Å². The van der Waals surface area contributed by atoms with E-state index in [-0.39, 0.29) is 31.1 Å². The van der Waals surface area contributed by atoms with Crippen LogP contribution in [0.3, 0.4) is 0 Å². The van der Waals surface area contributed by atoms with Crippen LogP contribution in [0, 0.1) is 5.92 Å². The molecule has 1 heterocycles. The molecular weight excluding hydrogens is 440 g/mol. The molecule has 33 heavy (non-hydrogen) atoms. The van der Waals surface area contributed by atoms with E-state index in [0.717, 1.165) is 12.0 Å². The van der Waals surface area contributed by atoms with Crippen LogP contribution in [0.2, 0.25) is 0 Å². The fraction of sp³-hybridized carbons (Fsp3) is 0.640. The molecule has 1 amide bonds. The van der Waals surface area contributed by atoms with Crippen molar-refractivity contribution in [2.45, 2.75) is 70.0 Å². The summed E-state index contributed by atoms with van der Waals surface area (Å²) in [6.07, 6.45) is 7.70. The van der Waals surface area contributed by atoms with Gasteiger partial charge in [-0.2, -0.15) is 11.8 Å². The minimum absolute atomic E-state index is 0.275. The van der Waals surface area contributed by atoms with E-state index in [2.05, 4.69) is 5.32 Å².